The van der Waals surface area contributed by atoms with Gasteiger partial charge in [0.25, 0.3) is 0 Å². The molecule has 0 heterocycles. The van der Waals surface area contributed by atoms with Crippen LogP contribution >= 0.6 is 0 Å². The molecule has 2 aromatic carbocycles. The Morgan fingerprint density at radius 1 is 1.13 bits per heavy atom. The molecule has 0 spiro atoms. The first-order chi connectivity index (χ1) is 11.2. The Kier molecular flexibility index (Phi) is 6.82. The zero-order valence-electron chi connectivity index (χ0n) is 12.6. The molecule has 2 unspecified atom stereocenters. The van der Waals surface area contributed by atoms with Gasteiger partial charge in [0.05, 0.1) is 0 Å². The predicted octanol–water partition coefficient (Wildman–Crippen LogP) is 3.67. The van der Waals surface area contributed by atoms with Crippen molar-refractivity contribution in [2.24, 2.45) is 0 Å². The van der Waals surface area contributed by atoms with E-state index >= 15 is 0 Å². The fourth-order valence-electron chi connectivity index (χ4n) is 2.15. The minimum Gasteiger partial charge on any atom is -0.490 e. The Bertz CT molecular complexity index is 679. The summed E-state index contributed by atoms with van der Waals surface area (Å²) >= 11 is -2.35. The summed E-state index contributed by atoms with van der Waals surface area (Å²) in [7, 11) is 0. The van der Waals surface area contributed by atoms with Crippen molar-refractivity contribution in [2.45, 2.75) is 18.9 Å². The molecule has 0 aliphatic carbocycles. The highest BCUT2D eigenvalue weighted by Gasteiger charge is 2.14. The lowest BCUT2D eigenvalue weighted by atomic mass is 10.0. The van der Waals surface area contributed by atoms with Crippen LogP contribution in [-0.2, 0) is 15.5 Å². The number of hydrogen-bond acceptors (Lipinski definition) is 3. The van der Waals surface area contributed by atoms with Crippen LogP contribution in [0.25, 0.3) is 11.1 Å². The average molecular weight is 330 g/mol. The summed E-state index contributed by atoms with van der Waals surface area (Å²) in [5.41, 5.74) is 1.99. The van der Waals surface area contributed by atoms with Crippen molar-refractivity contribution < 1.29 is 17.7 Å². The maximum absolute atomic E-state index is 10.9. The maximum atomic E-state index is 10.9. The second-order valence-electron chi connectivity index (χ2n) is 4.85. The quantitative estimate of drug-likeness (QED) is 0.593. The molecule has 0 fully saturated rings. The first-order valence-corrected chi connectivity index (χ1v) is 8.22. The van der Waals surface area contributed by atoms with Crippen LogP contribution in [-0.4, -0.2) is 21.5 Å². The highest BCUT2D eigenvalue weighted by molar-refractivity contribution is 7.74. The number of ether oxygens (including phenoxy) is 1. The molecular weight excluding hydrogens is 312 g/mol. The third kappa shape index (κ3) is 5.53. The van der Waals surface area contributed by atoms with Gasteiger partial charge >= 0.3 is 11.4 Å². The van der Waals surface area contributed by atoms with Gasteiger partial charge in [-0.25, -0.2) is 0 Å². The van der Waals surface area contributed by atoms with E-state index < -0.39 is 17.5 Å². The smallest absolute Gasteiger partial charge is 0.302 e. The van der Waals surface area contributed by atoms with Crippen LogP contribution < -0.4 is 4.74 Å². The van der Waals surface area contributed by atoms with Crippen molar-refractivity contribution in [1.29, 1.82) is 0 Å². The highest BCUT2D eigenvalue weighted by atomic mass is 32.2. The van der Waals surface area contributed by atoms with Crippen LogP contribution in [0.2, 0.25) is 0 Å². The largest absolute Gasteiger partial charge is 0.490 e. The molecule has 0 saturated carbocycles. The summed E-state index contributed by atoms with van der Waals surface area (Å²) in [5, 5.41) is 0. The normalized spacial score (nSPS) is 13.0. The van der Waals surface area contributed by atoms with E-state index in [2.05, 4.69) is 5.92 Å². The molecule has 2 aromatic rings. The molecule has 0 amide bonds. The number of benzene rings is 2. The van der Waals surface area contributed by atoms with Crippen LogP contribution in [0.5, 0.6) is 5.75 Å². The predicted molar refractivity (Wildman–Crippen MR) is 91.1 cm³/mol. The number of para-hydroxylation sites is 1. The zero-order chi connectivity index (χ0) is 16.5. The molecule has 4 nitrogen and oxygen atoms in total. The fourth-order valence-corrected chi connectivity index (χ4v) is 2.54. The van der Waals surface area contributed by atoms with E-state index in [0.717, 1.165) is 11.1 Å². The van der Waals surface area contributed by atoms with Crippen molar-refractivity contribution in [3.8, 4) is 29.2 Å². The van der Waals surface area contributed by atoms with E-state index in [1.54, 1.807) is 0 Å². The molecule has 2 rings (SSSR count). The molecule has 0 aromatic heterocycles. The van der Waals surface area contributed by atoms with Crippen molar-refractivity contribution in [3.63, 3.8) is 0 Å². The van der Waals surface area contributed by atoms with Crippen LogP contribution in [0.1, 0.15) is 12.8 Å². The molecule has 23 heavy (non-hydrogen) atoms. The Balaban J connectivity index is 2.10. The SMILES string of the molecule is C#CCCC(COc1ccccc1-c1ccccc1)OS(=O)O. The fraction of sp³-hybridized carbons (Fsp3) is 0.222. The first kappa shape index (κ1) is 17.2. The van der Waals surface area contributed by atoms with Gasteiger partial charge in [-0.3, -0.25) is 8.74 Å². The molecule has 0 saturated heterocycles. The average Bonchev–Trinajstić information content (AvgIpc) is 2.58. The molecule has 0 aliphatic heterocycles. The summed E-state index contributed by atoms with van der Waals surface area (Å²) in [6.07, 6.45) is 5.59. The van der Waals surface area contributed by atoms with Gasteiger partial charge in [0, 0.05) is 12.0 Å². The van der Waals surface area contributed by atoms with Gasteiger partial charge < -0.3 is 4.74 Å². The number of rotatable bonds is 8. The molecule has 0 bridgehead atoms. The first-order valence-electron chi connectivity index (χ1n) is 7.19. The second-order valence-corrected chi connectivity index (χ2v) is 5.48. The molecule has 1 N–H and O–H groups in total. The summed E-state index contributed by atoms with van der Waals surface area (Å²) in [5.74, 6) is 3.18. The topological polar surface area (TPSA) is 55.8 Å². The molecule has 5 heteroatoms. The van der Waals surface area contributed by atoms with Gasteiger partial charge in [-0.15, -0.1) is 12.3 Å². The Morgan fingerprint density at radius 2 is 1.83 bits per heavy atom. The molecule has 0 radical (unpaired) electrons. The second kappa shape index (κ2) is 9.11. The van der Waals surface area contributed by atoms with Gasteiger partial charge in [0.15, 0.2) is 0 Å². The minimum absolute atomic E-state index is 0.151. The van der Waals surface area contributed by atoms with Gasteiger partial charge in [0.2, 0.25) is 0 Å². The van der Waals surface area contributed by atoms with Gasteiger partial charge in [-0.1, -0.05) is 48.5 Å². The van der Waals surface area contributed by atoms with Crippen molar-refractivity contribution in [1.82, 2.24) is 0 Å². The number of terminal acetylenes is 1. The summed E-state index contributed by atoms with van der Waals surface area (Å²) < 4.78 is 30.5. The third-order valence-electron chi connectivity index (χ3n) is 3.23. The lowest BCUT2D eigenvalue weighted by Crippen LogP contribution is -2.22. The standard InChI is InChI=1S/C18H18O4S/c1-2-3-11-16(22-23(19)20)14-21-18-13-8-7-12-17(18)15-9-5-4-6-10-15/h1,4-10,12-13,16H,3,11,14H2,(H,19,20). The van der Waals surface area contributed by atoms with Crippen LogP contribution in [0, 0.1) is 12.3 Å². The van der Waals surface area contributed by atoms with Crippen LogP contribution in [0.3, 0.4) is 0 Å². The Hall–Kier alpha value is -2.13. The molecular formula is C18H18O4S. The van der Waals surface area contributed by atoms with E-state index in [-0.39, 0.29) is 6.61 Å². The summed E-state index contributed by atoms with van der Waals surface area (Å²) in [4.78, 5) is 0. The lowest BCUT2D eigenvalue weighted by molar-refractivity contribution is 0.126. The van der Waals surface area contributed by atoms with E-state index in [4.69, 9.17) is 19.9 Å². The van der Waals surface area contributed by atoms with E-state index in [1.165, 1.54) is 0 Å². The molecule has 2 atom stereocenters. The lowest BCUT2D eigenvalue weighted by Gasteiger charge is -2.17. The highest BCUT2D eigenvalue weighted by Crippen LogP contribution is 2.29. The zero-order valence-corrected chi connectivity index (χ0v) is 13.4. The Labute approximate surface area is 138 Å². The summed E-state index contributed by atoms with van der Waals surface area (Å²) in [6.45, 7) is 0.151. The third-order valence-corrected chi connectivity index (χ3v) is 3.66. The van der Waals surface area contributed by atoms with Crippen LogP contribution in [0.4, 0.5) is 0 Å². The summed E-state index contributed by atoms with van der Waals surface area (Å²) in [6, 6.07) is 17.5. The van der Waals surface area contributed by atoms with Gasteiger partial charge in [0.1, 0.15) is 18.5 Å². The monoisotopic (exact) mass is 330 g/mol. The van der Waals surface area contributed by atoms with Crippen LogP contribution in [0.15, 0.2) is 54.6 Å². The minimum atomic E-state index is -2.35. The maximum Gasteiger partial charge on any atom is 0.302 e. The van der Waals surface area contributed by atoms with E-state index in [1.807, 2.05) is 54.6 Å². The van der Waals surface area contributed by atoms with Gasteiger partial charge in [-0.05, 0) is 18.1 Å². The Morgan fingerprint density at radius 3 is 2.52 bits per heavy atom. The van der Waals surface area contributed by atoms with Gasteiger partial charge in [-0.2, -0.15) is 4.21 Å². The van der Waals surface area contributed by atoms with Crippen molar-refractivity contribution in [2.75, 3.05) is 6.61 Å². The van der Waals surface area contributed by atoms with E-state index in [0.29, 0.717) is 18.6 Å². The van der Waals surface area contributed by atoms with Crippen molar-refractivity contribution >= 4 is 11.4 Å². The van der Waals surface area contributed by atoms with E-state index in [9.17, 15) is 4.21 Å². The molecule has 120 valence electrons. The number of hydrogen-bond donors (Lipinski definition) is 1. The molecule has 0 aliphatic rings. The van der Waals surface area contributed by atoms with Crippen molar-refractivity contribution in [3.05, 3.63) is 54.6 Å².